The fraction of sp³-hybridized carbons (Fsp3) is 0.158. The van der Waals surface area contributed by atoms with Crippen molar-refractivity contribution in [2.45, 2.75) is 17.9 Å². The lowest BCUT2D eigenvalue weighted by Crippen LogP contribution is -2.38. The van der Waals surface area contributed by atoms with Gasteiger partial charge in [-0.25, -0.2) is 18.1 Å². The molecule has 0 saturated heterocycles. The van der Waals surface area contributed by atoms with E-state index in [1.54, 1.807) is 18.6 Å². The Kier molecular flexibility index (Phi) is 6.74. The fourth-order valence-electron chi connectivity index (χ4n) is 2.65. The van der Waals surface area contributed by atoms with Crippen molar-refractivity contribution in [2.24, 2.45) is 0 Å². The van der Waals surface area contributed by atoms with E-state index in [-0.39, 0.29) is 16.0 Å². The summed E-state index contributed by atoms with van der Waals surface area (Å²) in [6.45, 7) is 1.43. The number of hydrogen-bond donors (Lipinski definition) is 2. The zero-order valence-electron chi connectivity index (χ0n) is 15.3. The van der Waals surface area contributed by atoms with Gasteiger partial charge < -0.3 is 9.88 Å². The highest BCUT2D eigenvalue weighted by Crippen LogP contribution is 2.25. The van der Waals surface area contributed by atoms with E-state index in [0.717, 1.165) is 11.3 Å². The van der Waals surface area contributed by atoms with Gasteiger partial charge in [0.1, 0.15) is 4.90 Å². The normalized spacial score (nSPS) is 12.5. The summed E-state index contributed by atoms with van der Waals surface area (Å²) in [5.41, 5.74) is 1.84. The van der Waals surface area contributed by atoms with Crippen LogP contribution in [0.3, 0.4) is 0 Å². The van der Waals surface area contributed by atoms with Crippen molar-refractivity contribution in [1.29, 1.82) is 0 Å². The maximum atomic E-state index is 12.4. The van der Waals surface area contributed by atoms with E-state index in [0.29, 0.717) is 4.47 Å². The minimum Gasteiger partial charge on any atom is -0.348 e. The molecule has 3 rings (SSSR count). The van der Waals surface area contributed by atoms with Gasteiger partial charge in [-0.15, -0.1) is 0 Å². The molecule has 0 unspecified atom stereocenters. The molecule has 10 heteroatoms. The predicted octanol–water partition coefficient (Wildman–Crippen LogP) is 3.44. The van der Waals surface area contributed by atoms with Gasteiger partial charge in [0.05, 0.1) is 23.9 Å². The monoisotopic (exact) mass is 496 g/mol. The van der Waals surface area contributed by atoms with Gasteiger partial charge in [-0.2, -0.15) is 0 Å². The molecule has 7 nitrogen and oxygen atoms in total. The summed E-state index contributed by atoms with van der Waals surface area (Å²) in [6.07, 6.45) is 5.23. The summed E-state index contributed by atoms with van der Waals surface area (Å²) >= 11 is 9.21. The first-order valence-corrected chi connectivity index (χ1v) is 11.2. The van der Waals surface area contributed by atoms with Gasteiger partial charge >= 0.3 is 0 Å². The third-order valence-electron chi connectivity index (χ3n) is 4.18. The van der Waals surface area contributed by atoms with E-state index in [1.165, 1.54) is 12.1 Å². The van der Waals surface area contributed by atoms with Crippen LogP contribution in [-0.4, -0.2) is 30.4 Å². The van der Waals surface area contributed by atoms with Gasteiger partial charge in [-0.1, -0.05) is 39.7 Å². The van der Waals surface area contributed by atoms with Crippen LogP contribution in [0.1, 0.15) is 18.5 Å². The van der Waals surface area contributed by atoms with Crippen LogP contribution >= 0.6 is 27.5 Å². The second-order valence-corrected chi connectivity index (χ2v) is 9.31. The molecular formula is C19H18BrClN4O3S. The van der Waals surface area contributed by atoms with Crippen molar-refractivity contribution in [3.8, 4) is 5.69 Å². The zero-order valence-corrected chi connectivity index (χ0v) is 18.5. The Labute approximate surface area is 182 Å². The molecule has 0 aliphatic carbocycles. The lowest BCUT2D eigenvalue weighted by molar-refractivity contribution is -0.120. The van der Waals surface area contributed by atoms with Crippen LogP contribution in [0.25, 0.3) is 5.69 Å². The number of carbonyl (C=O) groups excluding carboxylic acids is 1. The standard InChI is InChI=1S/C19H18BrClN4O3S/c1-13(14-2-5-16(6-3-14)25-9-8-22-12-25)24-19(26)11-23-29(27,28)18-7-4-15(20)10-17(18)21/h2-10,12-13,23H,11H2,1H3,(H,24,26)/t13-/m0/s1. The quantitative estimate of drug-likeness (QED) is 0.523. The van der Waals surface area contributed by atoms with Gasteiger partial charge in [0.25, 0.3) is 0 Å². The number of hydrogen-bond acceptors (Lipinski definition) is 4. The second-order valence-electron chi connectivity index (χ2n) is 6.25. The number of rotatable bonds is 7. The largest absolute Gasteiger partial charge is 0.348 e. The molecule has 2 N–H and O–H groups in total. The molecule has 29 heavy (non-hydrogen) atoms. The molecule has 0 radical (unpaired) electrons. The van der Waals surface area contributed by atoms with Gasteiger partial charge in [-0.05, 0) is 42.8 Å². The van der Waals surface area contributed by atoms with E-state index in [1.807, 2.05) is 42.0 Å². The average Bonchev–Trinajstić information content (AvgIpc) is 3.21. The molecule has 1 atom stereocenters. The molecular weight excluding hydrogens is 480 g/mol. The number of aromatic nitrogens is 2. The Morgan fingerprint density at radius 1 is 1.24 bits per heavy atom. The first-order valence-electron chi connectivity index (χ1n) is 8.58. The zero-order chi connectivity index (χ0) is 21.0. The summed E-state index contributed by atoms with van der Waals surface area (Å²) in [4.78, 5) is 16.1. The first-order chi connectivity index (χ1) is 13.8. The molecule has 0 fully saturated rings. The molecule has 0 bridgehead atoms. The summed E-state index contributed by atoms with van der Waals surface area (Å²) in [6, 6.07) is 11.7. The summed E-state index contributed by atoms with van der Waals surface area (Å²) in [7, 11) is -3.91. The van der Waals surface area contributed by atoms with Crippen molar-refractivity contribution in [1.82, 2.24) is 19.6 Å². The highest BCUT2D eigenvalue weighted by atomic mass is 79.9. The highest BCUT2D eigenvalue weighted by Gasteiger charge is 2.19. The third kappa shape index (κ3) is 5.45. The van der Waals surface area contributed by atoms with Gasteiger partial charge in [-0.3, -0.25) is 4.79 Å². The van der Waals surface area contributed by atoms with Crippen LogP contribution in [0, 0.1) is 0 Å². The Balaban J connectivity index is 1.58. The second kappa shape index (κ2) is 9.08. The minimum atomic E-state index is -3.91. The number of nitrogens with zero attached hydrogens (tertiary/aromatic N) is 2. The van der Waals surface area contributed by atoms with Crippen LogP contribution < -0.4 is 10.0 Å². The maximum absolute atomic E-state index is 12.4. The number of nitrogens with one attached hydrogen (secondary N) is 2. The molecule has 1 amide bonds. The molecule has 0 spiro atoms. The molecule has 1 heterocycles. The Morgan fingerprint density at radius 3 is 2.59 bits per heavy atom. The number of carbonyl (C=O) groups is 1. The molecule has 1 aromatic heterocycles. The van der Waals surface area contributed by atoms with Crippen molar-refractivity contribution in [3.63, 3.8) is 0 Å². The number of benzene rings is 2. The fourth-order valence-corrected chi connectivity index (χ4v) is 4.67. The lowest BCUT2D eigenvalue weighted by Gasteiger charge is -2.15. The van der Waals surface area contributed by atoms with E-state index in [9.17, 15) is 13.2 Å². The van der Waals surface area contributed by atoms with E-state index in [2.05, 4.69) is 31.0 Å². The van der Waals surface area contributed by atoms with Crippen molar-refractivity contribution < 1.29 is 13.2 Å². The molecule has 0 aliphatic rings. The summed E-state index contributed by atoms with van der Waals surface area (Å²) in [5, 5.41) is 2.84. The van der Waals surface area contributed by atoms with Crippen molar-refractivity contribution >= 4 is 43.5 Å². The van der Waals surface area contributed by atoms with Gasteiger partial charge in [0.15, 0.2) is 0 Å². The third-order valence-corrected chi connectivity index (χ3v) is 6.56. The van der Waals surface area contributed by atoms with Gasteiger partial charge in [0.2, 0.25) is 15.9 Å². The maximum Gasteiger partial charge on any atom is 0.242 e. The highest BCUT2D eigenvalue weighted by molar-refractivity contribution is 9.10. The van der Waals surface area contributed by atoms with Crippen LogP contribution in [0.2, 0.25) is 5.02 Å². The summed E-state index contributed by atoms with van der Waals surface area (Å²) < 4.78 is 29.6. The van der Waals surface area contributed by atoms with Crippen molar-refractivity contribution in [3.05, 3.63) is 76.2 Å². The molecule has 152 valence electrons. The number of halogens is 2. The van der Waals surface area contributed by atoms with Crippen LogP contribution in [-0.2, 0) is 14.8 Å². The molecule has 0 saturated carbocycles. The van der Waals surface area contributed by atoms with E-state index in [4.69, 9.17) is 11.6 Å². The SMILES string of the molecule is C[C@H](NC(=O)CNS(=O)(=O)c1ccc(Br)cc1Cl)c1ccc(-n2ccnc2)cc1. The molecule has 3 aromatic rings. The number of imidazole rings is 1. The molecule has 0 aliphatic heterocycles. The van der Waals surface area contributed by atoms with Crippen LogP contribution in [0.4, 0.5) is 0 Å². The van der Waals surface area contributed by atoms with E-state index >= 15 is 0 Å². The first kappa shape index (κ1) is 21.5. The minimum absolute atomic E-state index is 0.0682. The van der Waals surface area contributed by atoms with Gasteiger partial charge in [0, 0.05) is 22.6 Å². The van der Waals surface area contributed by atoms with Crippen LogP contribution in [0.15, 0.2) is 70.6 Å². The number of sulfonamides is 1. The van der Waals surface area contributed by atoms with Crippen LogP contribution in [0.5, 0.6) is 0 Å². The molecule has 2 aromatic carbocycles. The lowest BCUT2D eigenvalue weighted by atomic mass is 10.1. The Hall–Kier alpha value is -2.20. The predicted molar refractivity (Wildman–Crippen MR) is 114 cm³/mol. The number of amides is 1. The Morgan fingerprint density at radius 2 is 1.97 bits per heavy atom. The Bertz CT molecular complexity index is 1100. The topological polar surface area (TPSA) is 93.1 Å². The van der Waals surface area contributed by atoms with E-state index < -0.39 is 22.5 Å². The average molecular weight is 498 g/mol. The van der Waals surface area contributed by atoms with Crippen molar-refractivity contribution in [2.75, 3.05) is 6.54 Å². The summed E-state index contributed by atoms with van der Waals surface area (Å²) in [5.74, 6) is -0.451. The smallest absolute Gasteiger partial charge is 0.242 e.